The number of amides is 2. The van der Waals surface area contributed by atoms with Crippen LogP contribution >= 0.6 is 0 Å². The lowest BCUT2D eigenvalue weighted by Gasteiger charge is -2.32. The van der Waals surface area contributed by atoms with E-state index in [9.17, 15) is 13.6 Å². The molecule has 0 aromatic heterocycles. The summed E-state index contributed by atoms with van der Waals surface area (Å²) in [7, 11) is 0. The fourth-order valence-electron chi connectivity index (χ4n) is 2.74. The van der Waals surface area contributed by atoms with E-state index in [0.717, 1.165) is 18.9 Å². The average molecular weight is 312 g/mol. The summed E-state index contributed by atoms with van der Waals surface area (Å²) in [5.41, 5.74) is 0.294. The third-order valence-electron chi connectivity index (χ3n) is 4.20. The maximum Gasteiger partial charge on any atom is 0.317 e. The van der Waals surface area contributed by atoms with Crippen molar-refractivity contribution in [2.45, 2.75) is 32.2 Å². The molecule has 0 saturated carbocycles. The summed E-state index contributed by atoms with van der Waals surface area (Å²) in [5.74, 6) is -1.03. The summed E-state index contributed by atoms with van der Waals surface area (Å²) in [6.07, 6.45) is 2.05. The molecule has 1 unspecified atom stereocenters. The molecule has 1 atom stereocenters. The molecular weight excluding hydrogens is 290 g/mol. The number of benzene rings is 1. The first-order valence-corrected chi connectivity index (χ1v) is 7.66. The van der Waals surface area contributed by atoms with Crippen LogP contribution in [0.5, 0.6) is 0 Å². The van der Waals surface area contributed by atoms with Gasteiger partial charge in [-0.1, -0.05) is 13.0 Å². The molecule has 0 radical (unpaired) electrons. The molecule has 4 nitrogen and oxygen atoms in total. The van der Waals surface area contributed by atoms with Gasteiger partial charge in [0, 0.05) is 31.3 Å². The molecule has 1 aliphatic rings. The van der Waals surface area contributed by atoms with Crippen molar-refractivity contribution in [2.75, 3.05) is 19.7 Å². The zero-order valence-electron chi connectivity index (χ0n) is 12.7. The molecule has 0 bridgehead atoms. The molecule has 1 aliphatic heterocycles. The summed E-state index contributed by atoms with van der Waals surface area (Å²) >= 11 is 0. The molecule has 0 aliphatic carbocycles. The van der Waals surface area contributed by atoms with E-state index in [1.54, 1.807) is 4.90 Å². The van der Waals surface area contributed by atoms with Gasteiger partial charge in [-0.25, -0.2) is 13.6 Å². The lowest BCUT2D eigenvalue weighted by Crippen LogP contribution is -2.46. The molecule has 0 spiro atoms. The van der Waals surface area contributed by atoms with Crippen LogP contribution in [0, 0.1) is 17.6 Å². The topological polar surface area (TPSA) is 52.6 Å². The second kappa shape index (κ2) is 7.54. The van der Waals surface area contributed by atoms with Crippen LogP contribution < -0.4 is 5.32 Å². The second-order valence-corrected chi connectivity index (χ2v) is 5.69. The Morgan fingerprint density at radius 2 is 2.09 bits per heavy atom. The van der Waals surface area contributed by atoms with E-state index in [2.05, 4.69) is 5.32 Å². The third-order valence-corrected chi connectivity index (χ3v) is 4.20. The van der Waals surface area contributed by atoms with Crippen LogP contribution in [0.3, 0.4) is 0 Å². The van der Waals surface area contributed by atoms with Gasteiger partial charge in [0.15, 0.2) is 0 Å². The molecule has 2 amide bonds. The van der Waals surface area contributed by atoms with Gasteiger partial charge in [0.2, 0.25) is 0 Å². The molecule has 122 valence electrons. The van der Waals surface area contributed by atoms with Crippen molar-refractivity contribution in [2.24, 2.45) is 5.92 Å². The van der Waals surface area contributed by atoms with Crippen LogP contribution in [-0.4, -0.2) is 35.7 Å². The average Bonchev–Trinajstić information content (AvgIpc) is 2.53. The van der Waals surface area contributed by atoms with Crippen molar-refractivity contribution in [3.05, 3.63) is 35.4 Å². The maximum absolute atomic E-state index is 13.8. The summed E-state index contributed by atoms with van der Waals surface area (Å²) < 4.78 is 26.8. The number of likely N-dealkylation sites (tertiary alicyclic amines) is 1. The van der Waals surface area contributed by atoms with Gasteiger partial charge in [-0.3, -0.25) is 0 Å². The Hall–Kier alpha value is -1.69. The van der Waals surface area contributed by atoms with E-state index in [4.69, 9.17) is 5.11 Å². The number of carbonyl (C=O) groups excluding carboxylic acids is 1. The molecular formula is C16H22F2N2O2. The molecule has 2 N–H and O–H groups in total. The minimum Gasteiger partial charge on any atom is -0.396 e. The van der Waals surface area contributed by atoms with Crippen molar-refractivity contribution >= 4 is 6.03 Å². The number of aliphatic hydroxyl groups excluding tert-OH is 1. The van der Waals surface area contributed by atoms with Crippen LogP contribution in [0.4, 0.5) is 13.6 Å². The van der Waals surface area contributed by atoms with Crippen molar-refractivity contribution < 1.29 is 18.7 Å². The van der Waals surface area contributed by atoms with Crippen LogP contribution in [0.15, 0.2) is 18.2 Å². The smallest absolute Gasteiger partial charge is 0.317 e. The molecule has 2 rings (SSSR count). The normalized spacial score (nSPS) is 17.4. The quantitative estimate of drug-likeness (QED) is 0.898. The number of nitrogens with one attached hydrogen (secondary N) is 1. The fourth-order valence-corrected chi connectivity index (χ4v) is 2.74. The first-order chi connectivity index (χ1) is 10.5. The minimum absolute atomic E-state index is 0.147. The number of aliphatic hydroxyl groups is 1. The van der Waals surface area contributed by atoms with Crippen LogP contribution in [0.2, 0.25) is 0 Å². The highest BCUT2D eigenvalue weighted by molar-refractivity contribution is 5.74. The molecule has 1 fully saturated rings. The minimum atomic E-state index is -0.647. The Balaban J connectivity index is 1.99. The highest BCUT2D eigenvalue weighted by Gasteiger charge is 2.24. The largest absolute Gasteiger partial charge is 0.396 e. The highest BCUT2D eigenvalue weighted by atomic mass is 19.1. The Labute approximate surface area is 129 Å². The molecule has 1 aromatic carbocycles. The van der Waals surface area contributed by atoms with Crippen LogP contribution in [-0.2, 0) is 0 Å². The summed E-state index contributed by atoms with van der Waals surface area (Å²) in [6, 6.07) is 2.67. The van der Waals surface area contributed by atoms with Crippen molar-refractivity contribution in [1.29, 1.82) is 0 Å². The van der Waals surface area contributed by atoms with E-state index in [1.165, 1.54) is 12.1 Å². The van der Waals surface area contributed by atoms with Gasteiger partial charge in [0.25, 0.3) is 0 Å². The molecule has 1 aromatic rings. The predicted octanol–water partition coefficient (Wildman–Crippen LogP) is 2.83. The lowest BCUT2D eigenvalue weighted by atomic mass is 9.98. The standard InChI is InChI=1S/C16H22F2N2O2/c1-2-15(13-4-3-12(17)9-14(13)18)19-16(22)20-7-5-11(10-21)6-8-20/h3-4,9,11,15,21H,2,5-8,10H2,1H3,(H,19,22). The van der Waals surface area contributed by atoms with Gasteiger partial charge < -0.3 is 15.3 Å². The van der Waals surface area contributed by atoms with E-state index < -0.39 is 17.7 Å². The summed E-state index contributed by atoms with van der Waals surface area (Å²) in [4.78, 5) is 13.9. The lowest BCUT2D eigenvalue weighted by molar-refractivity contribution is 0.135. The number of urea groups is 1. The summed E-state index contributed by atoms with van der Waals surface area (Å²) in [6.45, 7) is 3.15. The SMILES string of the molecule is CCC(NC(=O)N1CCC(CO)CC1)c1ccc(F)cc1F. The number of halogens is 2. The third kappa shape index (κ3) is 3.94. The van der Waals surface area contributed by atoms with Crippen LogP contribution in [0.1, 0.15) is 37.8 Å². The van der Waals surface area contributed by atoms with E-state index in [-0.39, 0.29) is 18.6 Å². The molecule has 6 heteroatoms. The van der Waals surface area contributed by atoms with Gasteiger partial charge >= 0.3 is 6.03 Å². The van der Waals surface area contributed by atoms with E-state index in [0.29, 0.717) is 25.1 Å². The Morgan fingerprint density at radius 1 is 1.41 bits per heavy atom. The van der Waals surface area contributed by atoms with E-state index in [1.807, 2.05) is 6.92 Å². The van der Waals surface area contributed by atoms with Crippen LogP contribution in [0.25, 0.3) is 0 Å². The van der Waals surface area contributed by atoms with E-state index >= 15 is 0 Å². The number of rotatable bonds is 4. The number of carbonyl (C=O) groups is 1. The van der Waals surface area contributed by atoms with Crippen molar-refractivity contribution in [1.82, 2.24) is 10.2 Å². The number of piperidine rings is 1. The fraction of sp³-hybridized carbons (Fsp3) is 0.562. The highest BCUT2D eigenvalue weighted by Crippen LogP contribution is 2.22. The van der Waals surface area contributed by atoms with Crippen molar-refractivity contribution in [3.63, 3.8) is 0 Å². The van der Waals surface area contributed by atoms with Gasteiger partial charge in [-0.05, 0) is 31.2 Å². The van der Waals surface area contributed by atoms with Gasteiger partial charge in [-0.2, -0.15) is 0 Å². The second-order valence-electron chi connectivity index (χ2n) is 5.69. The Morgan fingerprint density at radius 3 is 2.64 bits per heavy atom. The number of hydrogen-bond acceptors (Lipinski definition) is 2. The molecule has 22 heavy (non-hydrogen) atoms. The zero-order valence-corrected chi connectivity index (χ0v) is 12.7. The van der Waals surface area contributed by atoms with Gasteiger partial charge in [-0.15, -0.1) is 0 Å². The van der Waals surface area contributed by atoms with Gasteiger partial charge in [0.05, 0.1) is 6.04 Å². The number of nitrogens with zero attached hydrogens (tertiary/aromatic N) is 1. The monoisotopic (exact) mass is 312 g/mol. The van der Waals surface area contributed by atoms with Crippen molar-refractivity contribution in [3.8, 4) is 0 Å². The number of hydrogen-bond donors (Lipinski definition) is 2. The first-order valence-electron chi connectivity index (χ1n) is 7.66. The predicted molar refractivity (Wildman–Crippen MR) is 79.3 cm³/mol. The maximum atomic E-state index is 13.8. The first kappa shape index (κ1) is 16.7. The summed E-state index contributed by atoms with van der Waals surface area (Å²) in [5, 5.41) is 11.9. The Bertz CT molecular complexity index is 517. The molecule has 1 saturated heterocycles. The Kier molecular flexibility index (Phi) is 5.71. The zero-order chi connectivity index (χ0) is 16.1. The molecule has 1 heterocycles. The van der Waals surface area contributed by atoms with Gasteiger partial charge in [0.1, 0.15) is 11.6 Å².